The summed E-state index contributed by atoms with van der Waals surface area (Å²) < 4.78 is 1.68. The predicted octanol–water partition coefficient (Wildman–Crippen LogP) is -0.148. The number of nitrogens with two attached hydrogens (primary N) is 1. The summed E-state index contributed by atoms with van der Waals surface area (Å²) >= 11 is 0. The van der Waals surface area contributed by atoms with Crippen molar-refractivity contribution < 1.29 is 5.11 Å². The average molecular weight is 167 g/mol. The molecule has 0 fully saturated rings. The first-order valence-electron chi connectivity index (χ1n) is 4.16. The molecule has 1 atom stereocenters. The molecule has 12 heavy (non-hydrogen) atoms. The van der Waals surface area contributed by atoms with Crippen LogP contribution >= 0.6 is 0 Å². The minimum atomic E-state index is -0.232. The molecular weight excluding hydrogens is 154 g/mol. The maximum atomic E-state index is 9.40. The van der Waals surface area contributed by atoms with Gasteiger partial charge in [0, 0.05) is 19.0 Å². The molecule has 4 nitrogen and oxygen atoms in total. The summed E-state index contributed by atoms with van der Waals surface area (Å²) in [5.74, 6) is 0.698. The van der Waals surface area contributed by atoms with Crippen LogP contribution in [0.25, 0.3) is 0 Å². The van der Waals surface area contributed by atoms with Gasteiger partial charge >= 0.3 is 0 Å². The molecule has 0 spiro atoms. The Morgan fingerprint density at radius 1 is 1.67 bits per heavy atom. The Labute approximate surface area is 71.0 Å². The second-order valence-corrected chi connectivity index (χ2v) is 3.33. The molecule has 66 valence electrons. The molecular formula is C8H13N3O. The summed E-state index contributed by atoms with van der Waals surface area (Å²) in [5.41, 5.74) is 7.87. The summed E-state index contributed by atoms with van der Waals surface area (Å²) in [6.07, 6.45) is 2.09. The van der Waals surface area contributed by atoms with Crippen molar-refractivity contribution in [3.63, 3.8) is 0 Å². The predicted molar refractivity (Wildman–Crippen MR) is 45.7 cm³/mol. The summed E-state index contributed by atoms with van der Waals surface area (Å²) in [6, 6.07) is 0. The van der Waals surface area contributed by atoms with Crippen molar-refractivity contribution in [3.05, 3.63) is 11.3 Å². The fraction of sp³-hybridized carbons (Fsp3) is 0.625. The summed E-state index contributed by atoms with van der Waals surface area (Å²) in [4.78, 5) is 0. The van der Waals surface area contributed by atoms with Crippen LogP contribution in [0.5, 0.6) is 0 Å². The standard InChI is InChI=1S/C8H13N3O/c1-11-8(9)6-4-5(12)2-3-7(6)10-11/h5,12H,2-4,9H2,1H3. The number of hydrogen-bond donors (Lipinski definition) is 2. The molecule has 2 rings (SSSR count). The Morgan fingerprint density at radius 3 is 3.17 bits per heavy atom. The van der Waals surface area contributed by atoms with Crippen molar-refractivity contribution in [3.8, 4) is 0 Å². The van der Waals surface area contributed by atoms with Gasteiger partial charge in [0.25, 0.3) is 0 Å². The van der Waals surface area contributed by atoms with Crippen molar-refractivity contribution in [2.24, 2.45) is 7.05 Å². The van der Waals surface area contributed by atoms with Crippen LogP contribution in [0.2, 0.25) is 0 Å². The number of aryl methyl sites for hydroxylation is 2. The lowest BCUT2D eigenvalue weighted by molar-refractivity contribution is 0.158. The van der Waals surface area contributed by atoms with Gasteiger partial charge in [-0.1, -0.05) is 0 Å². The zero-order chi connectivity index (χ0) is 8.72. The van der Waals surface area contributed by atoms with Crippen molar-refractivity contribution in [2.75, 3.05) is 5.73 Å². The molecule has 4 heteroatoms. The molecule has 1 heterocycles. The maximum absolute atomic E-state index is 9.40. The van der Waals surface area contributed by atoms with Gasteiger partial charge < -0.3 is 10.8 Å². The lowest BCUT2D eigenvalue weighted by Crippen LogP contribution is -2.18. The SMILES string of the molecule is Cn1nc2c(c1N)CC(O)CC2. The van der Waals surface area contributed by atoms with E-state index in [1.54, 1.807) is 4.68 Å². The van der Waals surface area contributed by atoms with Crippen molar-refractivity contribution in [1.29, 1.82) is 0 Å². The molecule has 1 unspecified atom stereocenters. The van der Waals surface area contributed by atoms with Crippen LogP contribution in [-0.4, -0.2) is 21.0 Å². The Hall–Kier alpha value is -1.03. The lowest BCUT2D eigenvalue weighted by Gasteiger charge is -2.15. The van der Waals surface area contributed by atoms with E-state index in [2.05, 4.69) is 5.10 Å². The molecule has 0 saturated heterocycles. The Bertz CT molecular complexity index is 305. The van der Waals surface area contributed by atoms with Crippen LogP contribution in [0, 0.1) is 0 Å². The van der Waals surface area contributed by atoms with Gasteiger partial charge in [-0.05, 0) is 12.8 Å². The van der Waals surface area contributed by atoms with E-state index in [4.69, 9.17) is 5.73 Å². The molecule has 0 radical (unpaired) electrons. The number of nitrogens with zero attached hydrogens (tertiary/aromatic N) is 2. The highest BCUT2D eigenvalue weighted by atomic mass is 16.3. The minimum absolute atomic E-state index is 0.232. The topological polar surface area (TPSA) is 64.1 Å². The highest BCUT2D eigenvalue weighted by molar-refractivity contribution is 5.44. The highest BCUT2D eigenvalue weighted by Crippen LogP contribution is 2.24. The third-order valence-electron chi connectivity index (χ3n) is 2.43. The quantitative estimate of drug-likeness (QED) is 0.565. The van der Waals surface area contributed by atoms with E-state index < -0.39 is 0 Å². The van der Waals surface area contributed by atoms with Gasteiger partial charge in [-0.3, -0.25) is 4.68 Å². The molecule has 0 bridgehead atoms. The molecule has 1 aromatic rings. The van der Waals surface area contributed by atoms with Crippen LogP contribution in [-0.2, 0) is 19.9 Å². The molecule has 0 aromatic carbocycles. The zero-order valence-corrected chi connectivity index (χ0v) is 7.12. The zero-order valence-electron chi connectivity index (χ0n) is 7.12. The number of nitrogen functional groups attached to an aromatic ring is 1. The molecule has 0 amide bonds. The first-order chi connectivity index (χ1) is 5.68. The third kappa shape index (κ3) is 0.992. The van der Waals surface area contributed by atoms with Gasteiger partial charge in [-0.25, -0.2) is 0 Å². The van der Waals surface area contributed by atoms with Gasteiger partial charge in [0.1, 0.15) is 5.82 Å². The Kier molecular flexibility index (Phi) is 1.58. The number of aliphatic hydroxyl groups is 1. The van der Waals surface area contributed by atoms with Crippen LogP contribution in [0.1, 0.15) is 17.7 Å². The summed E-state index contributed by atoms with van der Waals surface area (Å²) in [6.45, 7) is 0. The normalized spacial score (nSPS) is 22.3. The summed E-state index contributed by atoms with van der Waals surface area (Å²) in [5, 5.41) is 13.7. The van der Waals surface area contributed by atoms with E-state index in [0.29, 0.717) is 12.2 Å². The largest absolute Gasteiger partial charge is 0.393 e. The van der Waals surface area contributed by atoms with E-state index in [1.807, 2.05) is 7.05 Å². The second kappa shape index (κ2) is 2.48. The smallest absolute Gasteiger partial charge is 0.124 e. The highest BCUT2D eigenvalue weighted by Gasteiger charge is 2.22. The fourth-order valence-electron chi connectivity index (χ4n) is 1.70. The average Bonchev–Trinajstić information content (AvgIpc) is 2.31. The third-order valence-corrected chi connectivity index (χ3v) is 2.43. The van der Waals surface area contributed by atoms with Gasteiger partial charge in [-0.2, -0.15) is 5.10 Å². The second-order valence-electron chi connectivity index (χ2n) is 3.33. The molecule has 1 aromatic heterocycles. The van der Waals surface area contributed by atoms with Crippen molar-refractivity contribution >= 4 is 5.82 Å². The van der Waals surface area contributed by atoms with Crippen LogP contribution in [0.15, 0.2) is 0 Å². The van der Waals surface area contributed by atoms with E-state index >= 15 is 0 Å². The molecule has 1 aliphatic carbocycles. The number of aliphatic hydroxyl groups excluding tert-OH is 1. The maximum Gasteiger partial charge on any atom is 0.124 e. The van der Waals surface area contributed by atoms with Gasteiger partial charge in [0.15, 0.2) is 0 Å². The molecule has 0 saturated carbocycles. The van der Waals surface area contributed by atoms with Crippen LogP contribution in [0.3, 0.4) is 0 Å². The van der Waals surface area contributed by atoms with E-state index in [9.17, 15) is 5.11 Å². The van der Waals surface area contributed by atoms with Crippen LogP contribution < -0.4 is 5.73 Å². The monoisotopic (exact) mass is 167 g/mol. The Balaban J connectivity index is 2.44. The van der Waals surface area contributed by atoms with E-state index in [-0.39, 0.29) is 6.10 Å². The first kappa shape index (κ1) is 7.61. The molecule has 1 aliphatic rings. The number of fused-ring (bicyclic) bond motifs is 1. The fourth-order valence-corrected chi connectivity index (χ4v) is 1.70. The Morgan fingerprint density at radius 2 is 2.42 bits per heavy atom. The van der Waals surface area contributed by atoms with Crippen molar-refractivity contribution in [1.82, 2.24) is 9.78 Å². The first-order valence-corrected chi connectivity index (χ1v) is 4.16. The number of rotatable bonds is 0. The van der Waals surface area contributed by atoms with Gasteiger partial charge in [0.2, 0.25) is 0 Å². The van der Waals surface area contributed by atoms with E-state index in [1.165, 1.54) is 0 Å². The van der Waals surface area contributed by atoms with Gasteiger partial charge in [-0.15, -0.1) is 0 Å². The van der Waals surface area contributed by atoms with Gasteiger partial charge in [0.05, 0.1) is 11.8 Å². The number of hydrogen-bond acceptors (Lipinski definition) is 3. The molecule has 0 aliphatic heterocycles. The lowest BCUT2D eigenvalue weighted by atomic mass is 9.95. The minimum Gasteiger partial charge on any atom is -0.393 e. The number of aromatic nitrogens is 2. The summed E-state index contributed by atoms with van der Waals surface area (Å²) in [7, 11) is 1.83. The van der Waals surface area contributed by atoms with Crippen molar-refractivity contribution in [2.45, 2.75) is 25.4 Å². The number of anilines is 1. The van der Waals surface area contributed by atoms with E-state index in [0.717, 1.165) is 24.1 Å². The molecule has 3 N–H and O–H groups in total. The van der Waals surface area contributed by atoms with Crippen LogP contribution in [0.4, 0.5) is 5.82 Å².